The fourth-order valence-electron chi connectivity index (χ4n) is 3.77. The number of hydrogen-bond donors (Lipinski definition) is 3. The Labute approximate surface area is 202 Å². The van der Waals surface area contributed by atoms with Gasteiger partial charge in [0.2, 0.25) is 0 Å². The lowest BCUT2D eigenvalue weighted by molar-refractivity contribution is 0.103. The number of carbonyl (C=O) groups excluding carboxylic acids is 2. The number of amides is 1. The summed E-state index contributed by atoms with van der Waals surface area (Å²) in [6.45, 7) is 0. The van der Waals surface area contributed by atoms with E-state index in [0.29, 0.717) is 34.5 Å². The molecule has 4 aromatic rings. The summed E-state index contributed by atoms with van der Waals surface area (Å²) >= 11 is 5.18. The van der Waals surface area contributed by atoms with Gasteiger partial charge in [-0.15, -0.1) is 0 Å². The smallest absolute Gasteiger partial charge is 0.413 e. The number of nitrogens with two attached hydrogens (primary N) is 1. The zero-order valence-electron chi connectivity index (χ0n) is 18.5. The second kappa shape index (κ2) is 10.1. The third-order valence-corrected chi connectivity index (χ3v) is 5.69. The number of alkyl carbamates (subject to hydrolysis) is 1. The summed E-state index contributed by atoms with van der Waals surface area (Å²) in [5.74, 6) is -0.120. The van der Waals surface area contributed by atoms with Crippen LogP contribution in [0.5, 0.6) is 0 Å². The van der Waals surface area contributed by atoms with E-state index in [9.17, 15) is 9.59 Å². The van der Waals surface area contributed by atoms with Crippen molar-refractivity contribution in [1.29, 1.82) is 0 Å². The highest BCUT2D eigenvalue weighted by Crippen LogP contribution is 2.31. The summed E-state index contributed by atoms with van der Waals surface area (Å²) in [6, 6.07) is 26.7. The van der Waals surface area contributed by atoms with Crippen molar-refractivity contribution in [2.24, 2.45) is 0 Å². The van der Waals surface area contributed by atoms with Gasteiger partial charge in [-0.05, 0) is 46.2 Å². The van der Waals surface area contributed by atoms with E-state index in [1.165, 1.54) is 7.11 Å². The number of thiocarbonyl (C=S) groups is 1. The summed E-state index contributed by atoms with van der Waals surface area (Å²) in [4.78, 5) is 24.8. The van der Waals surface area contributed by atoms with Crippen LogP contribution in [0.4, 0.5) is 16.2 Å². The van der Waals surface area contributed by atoms with Crippen LogP contribution in [0.3, 0.4) is 0 Å². The average Bonchev–Trinajstić information content (AvgIpc) is 2.86. The lowest BCUT2D eigenvalue weighted by Crippen LogP contribution is -2.34. The summed E-state index contributed by atoms with van der Waals surface area (Å²) in [5.41, 5.74) is 10.2. The van der Waals surface area contributed by atoms with Gasteiger partial charge in [0.05, 0.1) is 18.5 Å². The Hall–Kier alpha value is -4.23. The predicted molar refractivity (Wildman–Crippen MR) is 139 cm³/mol. The van der Waals surface area contributed by atoms with Crippen molar-refractivity contribution >= 4 is 51.4 Å². The molecule has 0 saturated heterocycles. The third-order valence-electron chi connectivity index (χ3n) is 5.48. The maximum absolute atomic E-state index is 13.4. The largest absolute Gasteiger partial charge is 0.453 e. The fraction of sp³-hybridized carbons (Fsp3) is 0.0741. The van der Waals surface area contributed by atoms with E-state index in [4.69, 9.17) is 18.0 Å². The number of methoxy groups -OCH3 is 1. The van der Waals surface area contributed by atoms with E-state index in [2.05, 4.69) is 33.6 Å². The number of nitrogen functional groups attached to an aromatic ring is 1. The monoisotopic (exact) mass is 469 g/mol. The van der Waals surface area contributed by atoms with Crippen LogP contribution in [0.2, 0.25) is 0 Å². The summed E-state index contributed by atoms with van der Waals surface area (Å²) < 4.78 is 4.57. The number of carbonyl (C=O) groups is 2. The van der Waals surface area contributed by atoms with E-state index in [0.717, 1.165) is 16.3 Å². The minimum absolute atomic E-state index is 0.0392. The molecule has 0 fully saturated rings. The van der Waals surface area contributed by atoms with Gasteiger partial charge in [-0.25, -0.2) is 4.79 Å². The zero-order chi connectivity index (χ0) is 24.1. The van der Waals surface area contributed by atoms with Crippen LogP contribution in [-0.2, 0) is 11.2 Å². The zero-order valence-corrected chi connectivity index (χ0v) is 19.3. The molecule has 0 spiro atoms. The van der Waals surface area contributed by atoms with E-state index in [1.807, 2.05) is 42.5 Å². The fourth-order valence-corrected chi connectivity index (χ4v) is 3.97. The number of ketones is 1. The lowest BCUT2D eigenvalue weighted by atomic mass is 9.91. The molecular formula is C27H23N3O3S. The Balaban J connectivity index is 1.75. The van der Waals surface area contributed by atoms with Gasteiger partial charge < -0.3 is 15.8 Å². The first-order valence-corrected chi connectivity index (χ1v) is 11.0. The van der Waals surface area contributed by atoms with Crippen molar-refractivity contribution in [1.82, 2.24) is 5.32 Å². The van der Waals surface area contributed by atoms with Gasteiger partial charge in [0, 0.05) is 17.5 Å². The van der Waals surface area contributed by atoms with Crippen molar-refractivity contribution in [3.05, 3.63) is 107 Å². The van der Waals surface area contributed by atoms with Crippen molar-refractivity contribution < 1.29 is 14.3 Å². The summed E-state index contributed by atoms with van der Waals surface area (Å²) in [6.07, 6.45) is -0.250. The molecule has 7 heteroatoms. The van der Waals surface area contributed by atoms with Crippen LogP contribution in [0.25, 0.3) is 10.8 Å². The molecule has 0 saturated carbocycles. The van der Waals surface area contributed by atoms with Crippen LogP contribution in [0.15, 0.2) is 84.9 Å². The molecule has 4 rings (SSSR count). The van der Waals surface area contributed by atoms with Gasteiger partial charge >= 0.3 is 6.09 Å². The molecular weight excluding hydrogens is 446 g/mol. The number of ether oxygens (including phenoxy) is 1. The van der Waals surface area contributed by atoms with Gasteiger partial charge in [0.1, 0.15) is 0 Å². The molecule has 170 valence electrons. The molecule has 0 heterocycles. The average molecular weight is 470 g/mol. The quantitative estimate of drug-likeness (QED) is 0.209. The first-order chi connectivity index (χ1) is 16.5. The Bertz CT molecular complexity index is 1390. The molecule has 0 aliphatic carbocycles. The van der Waals surface area contributed by atoms with Crippen molar-refractivity contribution in [2.45, 2.75) is 6.42 Å². The molecule has 0 bridgehead atoms. The number of nitrogens with one attached hydrogen (secondary N) is 2. The number of rotatable bonds is 5. The molecule has 34 heavy (non-hydrogen) atoms. The van der Waals surface area contributed by atoms with Gasteiger partial charge in [-0.1, -0.05) is 72.8 Å². The molecule has 6 nitrogen and oxygen atoms in total. The Morgan fingerprint density at radius 2 is 1.62 bits per heavy atom. The molecule has 0 atom stereocenters. The lowest BCUT2D eigenvalue weighted by Gasteiger charge is -2.18. The van der Waals surface area contributed by atoms with E-state index >= 15 is 0 Å². The maximum Gasteiger partial charge on any atom is 0.413 e. The van der Waals surface area contributed by atoms with Crippen molar-refractivity contribution in [2.75, 3.05) is 18.2 Å². The van der Waals surface area contributed by atoms with Crippen LogP contribution < -0.4 is 16.4 Å². The van der Waals surface area contributed by atoms with Crippen LogP contribution in [0, 0.1) is 0 Å². The third kappa shape index (κ3) is 5.05. The molecule has 4 aromatic carbocycles. The summed E-state index contributed by atoms with van der Waals surface area (Å²) in [5, 5.41) is 7.59. The number of hydrogen-bond acceptors (Lipinski definition) is 5. The Morgan fingerprint density at radius 3 is 2.35 bits per heavy atom. The Morgan fingerprint density at radius 1 is 0.912 bits per heavy atom. The second-order valence-corrected chi connectivity index (χ2v) is 8.09. The topological polar surface area (TPSA) is 93.5 Å². The number of anilines is 2. The predicted octanol–water partition coefficient (Wildman–Crippen LogP) is 5.30. The minimum atomic E-state index is -0.691. The summed E-state index contributed by atoms with van der Waals surface area (Å²) in [7, 11) is 1.25. The molecule has 0 aromatic heterocycles. The first kappa shape index (κ1) is 22.9. The highest BCUT2D eigenvalue weighted by molar-refractivity contribution is 7.80. The SMILES string of the molecule is COC(=O)NC(=S)Nc1ccc(C(=O)c2ccccc2)c(Cc2ccc3ccccc3c2)c1N. The standard InChI is InChI=1S/C27H23N3O3S/c1-33-27(32)30-26(34)29-23-14-13-21(25(31)19-8-3-2-4-9-19)22(24(23)28)16-17-11-12-18-7-5-6-10-20(18)15-17/h2-15H,16,28H2,1H3,(H2,29,30,32,34). The van der Waals surface area contributed by atoms with Crippen molar-refractivity contribution in [3.8, 4) is 0 Å². The van der Waals surface area contributed by atoms with E-state index < -0.39 is 6.09 Å². The van der Waals surface area contributed by atoms with Gasteiger partial charge in [-0.3, -0.25) is 10.1 Å². The number of fused-ring (bicyclic) bond motifs is 1. The van der Waals surface area contributed by atoms with Gasteiger partial charge in [0.25, 0.3) is 0 Å². The maximum atomic E-state index is 13.4. The van der Waals surface area contributed by atoms with Crippen LogP contribution >= 0.6 is 12.2 Å². The van der Waals surface area contributed by atoms with E-state index in [1.54, 1.807) is 24.3 Å². The van der Waals surface area contributed by atoms with Crippen LogP contribution in [-0.4, -0.2) is 24.1 Å². The molecule has 0 radical (unpaired) electrons. The van der Waals surface area contributed by atoms with Gasteiger partial charge in [0.15, 0.2) is 10.9 Å². The highest BCUT2D eigenvalue weighted by Gasteiger charge is 2.19. The van der Waals surface area contributed by atoms with Crippen molar-refractivity contribution in [3.63, 3.8) is 0 Å². The number of benzene rings is 4. The molecule has 0 aliphatic heterocycles. The molecule has 1 amide bonds. The van der Waals surface area contributed by atoms with Crippen LogP contribution in [0.1, 0.15) is 27.0 Å². The molecule has 0 unspecified atom stereocenters. The van der Waals surface area contributed by atoms with Gasteiger partial charge in [-0.2, -0.15) is 0 Å². The molecule has 0 aliphatic rings. The minimum Gasteiger partial charge on any atom is -0.453 e. The second-order valence-electron chi connectivity index (χ2n) is 7.68. The van der Waals surface area contributed by atoms with E-state index in [-0.39, 0.29) is 10.9 Å². The first-order valence-electron chi connectivity index (χ1n) is 10.6. The Kier molecular flexibility index (Phi) is 6.85. The molecule has 4 N–H and O–H groups in total. The normalized spacial score (nSPS) is 10.5. The highest BCUT2D eigenvalue weighted by atomic mass is 32.1.